The molecule has 3 atom stereocenters. The van der Waals surface area contributed by atoms with Crippen molar-refractivity contribution in [1.29, 1.82) is 0 Å². The molecule has 0 aromatic heterocycles. The average Bonchev–Trinajstić information content (AvgIpc) is 2.67. The quantitative estimate of drug-likeness (QED) is 0.784. The fourth-order valence-corrected chi connectivity index (χ4v) is 3.62. The highest BCUT2D eigenvalue weighted by Crippen LogP contribution is 2.55. The molecule has 108 valence electrons. The molecule has 0 N–H and O–H groups in total. The lowest BCUT2D eigenvalue weighted by atomic mass is 9.52. The van der Waals surface area contributed by atoms with Gasteiger partial charge in [0.1, 0.15) is 5.75 Å². The van der Waals surface area contributed by atoms with Crippen LogP contribution in [0.1, 0.15) is 61.0 Å². The number of hydrogen-bond donors (Lipinski definition) is 0. The number of ether oxygens (including phenoxy) is 1. The molecule has 1 saturated heterocycles. The molecule has 2 heteroatoms. The van der Waals surface area contributed by atoms with Gasteiger partial charge in [-0.25, -0.2) is 0 Å². The van der Waals surface area contributed by atoms with Gasteiger partial charge in [0.15, 0.2) is 0 Å². The molecule has 0 amide bonds. The van der Waals surface area contributed by atoms with E-state index >= 15 is 0 Å². The van der Waals surface area contributed by atoms with E-state index in [2.05, 4.69) is 0 Å². The van der Waals surface area contributed by atoms with E-state index in [1.54, 1.807) is 0 Å². The van der Waals surface area contributed by atoms with Gasteiger partial charge in [0.25, 0.3) is 0 Å². The van der Waals surface area contributed by atoms with Crippen LogP contribution >= 0.6 is 0 Å². The van der Waals surface area contributed by atoms with Crippen molar-refractivity contribution < 1.29 is 22.6 Å². The molecular formula is C18H25NO. The van der Waals surface area contributed by atoms with Crippen LogP contribution in [0.2, 0.25) is 0 Å². The minimum Gasteiger partial charge on any atom is -0.497 e. The SMILES string of the molecule is [2H]c1c([2H])c2c(c([2H])c1OC)[C@]13CCCCC1[C@@]([2H])(N(C([2H])([2H])[2H])C([2H])([2H])C3([2H])[2H])C2([2H])[2H]. The standard InChI is InChI=1S/C18H25NO/c1-19-10-9-18-8-4-3-5-15(18)17(19)11-13-6-7-14(20-2)12-16(13)18/h6-7,12,15,17H,3-5,8-11H2,1-2H3/t15?,17-,18-/m0/s1/i1D3,6D,7D,9D2,10D2,11D2,12D,17D. The highest BCUT2D eigenvalue weighted by Gasteiger charge is 2.53. The van der Waals surface area contributed by atoms with Crippen molar-refractivity contribution >= 4 is 0 Å². The first kappa shape index (κ1) is 5.01. The van der Waals surface area contributed by atoms with Gasteiger partial charge in [-0.2, -0.15) is 0 Å². The van der Waals surface area contributed by atoms with Crippen molar-refractivity contribution in [3.05, 3.63) is 29.3 Å². The Morgan fingerprint density at radius 1 is 1.55 bits per heavy atom. The monoisotopic (exact) mass is 284 g/mol. The maximum absolute atomic E-state index is 9.33. The fraction of sp³-hybridized carbons (Fsp3) is 0.667. The maximum Gasteiger partial charge on any atom is 0.119 e. The zero-order valence-corrected chi connectivity index (χ0v) is 11.3. The largest absolute Gasteiger partial charge is 0.497 e. The van der Waals surface area contributed by atoms with E-state index in [0.717, 1.165) is 0 Å². The molecule has 1 heterocycles. The summed E-state index contributed by atoms with van der Waals surface area (Å²) in [6, 6.07) is -4.69. The Labute approximate surface area is 140 Å². The summed E-state index contributed by atoms with van der Waals surface area (Å²) in [5.74, 6) is -1.69. The van der Waals surface area contributed by atoms with Crippen LogP contribution in [-0.2, 0) is 11.8 Å². The smallest absolute Gasteiger partial charge is 0.119 e. The average molecular weight is 284 g/mol. The molecule has 2 bridgehead atoms. The minimum atomic E-state index is -3.38. The van der Waals surface area contributed by atoms with E-state index in [0.29, 0.717) is 12.8 Å². The van der Waals surface area contributed by atoms with Crippen molar-refractivity contribution in [3.63, 3.8) is 0 Å². The molecule has 0 radical (unpaired) electrons. The maximum atomic E-state index is 9.33. The van der Waals surface area contributed by atoms with Crippen molar-refractivity contribution in [1.82, 2.24) is 4.90 Å². The Hall–Kier alpha value is -1.02. The number of piperidine rings is 1. The zero-order valence-electron chi connectivity index (χ0n) is 24.3. The van der Waals surface area contributed by atoms with Crippen LogP contribution in [0.15, 0.2) is 18.1 Å². The van der Waals surface area contributed by atoms with Gasteiger partial charge >= 0.3 is 0 Å². The Morgan fingerprint density at radius 2 is 2.50 bits per heavy atom. The first-order valence-electron chi connectivity index (χ1n) is 13.4. The number of likely N-dealkylation sites (tertiary alicyclic amines) is 1. The normalized spacial score (nSPS) is 57.5. The number of rotatable bonds is 1. The Morgan fingerprint density at radius 3 is 3.35 bits per heavy atom. The Kier molecular flexibility index (Phi) is 1.13. The van der Waals surface area contributed by atoms with Crippen LogP contribution in [-0.4, -0.2) is 31.5 Å². The van der Waals surface area contributed by atoms with E-state index in [1.165, 1.54) is 7.11 Å². The van der Waals surface area contributed by atoms with E-state index in [1.807, 2.05) is 0 Å². The number of methoxy groups -OCH3 is 1. The first-order valence-corrected chi connectivity index (χ1v) is 6.87. The molecule has 1 aromatic rings. The molecule has 4 rings (SSSR count). The van der Waals surface area contributed by atoms with E-state index in [4.69, 9.17) is 21.2 Å². The molecule has 2 fully saturated rings. The number of benzene rings is 1. The Balaban J connectivity index is 2.31. The lowest BCUT2D eigenvalue weighted by molar-refractivity contribution is 0.00274. The molecule has 20 heavy (non-hydrogen) atoms. The predicted octanol–water partition coefficient (Wildman–Crippen LogP) is 3.38. The highest BCUT2D eigenvalue weighted by atomic mass is 16.5. The van der Waals surface area contributed by atoms with Crippen molar-refractivity contribution in [2.75, 3.05) is 20.6 Å². The lowest BCUT2D eigenvalue weighted by Crippen LogP contribution is -2.59. The fourth-order valence-electron chi connectivity index (χ4n) is 3.62. The van der Waals surface area contributed by atoms with Gasteiger partial charge in [-0.1, -0.05) is 18.9 Å². The van der Waals surface area contributed by atoms with Crippen LogP contribution in [0, 0.1) is 5.92 Å². The van der Waals surface area contributed by atoms with Crippen LogP contribution in [0.25, 0.3) is 0 Å². The second-order valence-corrected chi connectivity index (χ2v) is 5.51. The summed E-state index contributed by atoms with van der Waals surface area (Å²) in [6.45, 7) is -6.70. The molecule has 1 aliphatic heterocycles. The van der Waals surface area contributed by atoms with Gasteiger partial charge in [-0.15, -0.1) is 0 Å². The third-order valence-corrected chi connectivity index (χ3v) is 4.56. The predicted molar refractivity (Wildman–Crippen MR) is 81.4 cm³/mol. The van der Waals surface area contributed by atoms with Gasteiger partial charge in [0, 0.05) is 25.1 Å². The van der Waals surface area contributed by atoms with Crippen molar-refractivity contribution in [3.8, 4) is 5.75 Å². The topological polar surface area (TPSA) is 12.5 Å². The van der Waals surface area contributed by atoms with Crippen LogP contribution in [0.3, 0.4) is 0 Å². The highest BCUT2D eigenvalue weighted by molar-refractivity contribution is 5.45. The number of fused-ring (bicyclic) bond motifs is 1. The summed E-state index contributed by atoms with van der Waals surface area (Å²) in [5, 5.41) is 0. The number of nitrogens with zero attached hydrogens (tertiary/aromatic N) is 1. The summed E-state index contributed by atoms with van der Waals surface area (Å²) < 4.78 is 117. The molecule has 1 aromatic carbocycles. The second-order valence-electron chi connectivity index (χ2n) is 5.51. The minimum absolute atomic E-state index is 0.0289. The van der Waals surface area contributed by atoms with Gasteiger partial charge < -0.3 is 9.64 Å². The third kappa shape index (κ3) is 1.60. The van der Waals surface area contributed by atoms with E-state index < -0.39 is 67.3 Å². The van der Waals surface area contributed by atoms with Gasteiger partial charge in [0.2, 0.25) is 0 Å². The molecule has 1 saturated carbocycles. The first-order chi connectivity index (χ1) is 14.9. The van der Waals surface area contributed by atoms with Gasteiger partial charge in [0.05, 0.1) is 11.2 Å². The van der Waals surface area contributed by atoms with Crippen LogP contribution in [0.5, 0.6) is 5.75 Å². The molecular weight excluding hydrogens is 246 g/mol. The molecule has 1 unspecified atom stereocenters. The summed E-state index contributed by atoms with van der Waals surface area (Å²) in [7, 11) is 1.17. The zero-order chi connectivity index (χ0) is 25.2. The molecule has 3 aliphatic rings. The lowest BCUT2D eigenvalue weighted by Gasteiger charge is -2.58. The summed E-state index contributed by atoms with van der Waals surface area (Å²) >= 11 is 0. The summed E-state index contributed by atoms with van der Waals surface area (Å²) in [5.41, 5.74) is -2.84. The number of hydrogen-bond acceptors (Lipinski definition) is 2. The third-order valence-electron chi connectivity index (χ3n) is 4.56. The van der Waals surface area contributed by atoms with E-state index in [-0.39, 0.29) is 29.1 Å². The van der Waals surface area contributed by atoms with Crippen molar-refractivity contribution in [2.24, 2.45) is 5.92 Å². The molecule has 0 spiro atoms. The van der Waals surface area contributed by atoms with Crippen LogP contribution < -0.4 is 4.74 Å². The number of likely N-dealkylation sites (N-methyl/N-ethyl adjacent to an activating group) is 1. The van der Waals surface area contributed by atoms with Crippen LogP contribution in [0.4, 0.5) is 0 Å². The summed E-state index contributed by atoms with van der Waals surface area (Å²) in [4.78, 5) is 0.0289. The summed E-state index contributed by atoms with van der Waals surface area (Å²) in [6.07, 6.45) is -5.18. The Bertz CT molecular complexity index is 1020. The van der Waals surface area contributed by atoms with Gasteiger partial charge in [-0.05, 0) is 68.2 Å². The van der Waals surface area contributed by atoms with Crippen molar-refractivity contribution in [2.45, 2.75) is 49.9 Å². The van der Waals surface area contributed by atoms with Gasteiger partial charge in [-0.3, -0.25) is 0 Å². The van der Waals surface area contributed by atoms with E-state index in [9.17, 15) is 1.37 Å². The second kappa shape index (κ2) is 4.49. The molecule has 2 aliphatic carbocycles. The molecule has 2 nitrogen and oxygen atoms in total.